The number of alkyl halides is 4. The third-order valence-electron chi connectivity index (χ3n) is 4.96. The number of anilines is 1. The van der Waals surface area contributed by atoms with Gasteiger partial charge in [0.2, 0.25) is 0 Å². The first kappa shape index (κ1) is 21.3. The second-order valence-electron chi connectivity index (χ2n) is 7.13. The molecule has 0 saturated carbocycles. The maximum absolute atomic E-state index is 12.5. The van der Waals surface area contributed by atoms with E-state index in [9.17, 15) is 18.0 Å². The topological polar surface area (TPSA) is 72.4 Å². The average molecular weight is 490 g/mol. The van der Waals surface area contributed by atoms with Gasteiger partial charge < -0.3 is 19.5 Å². The fourth-order valence-corrected chi connectivity index (χ4v) is 4.29. The summed E-state index contributed by atoms with van der Waals surface area (Å²) in [4.78, 5) is 19.1. The van der Waals surface area contributed by atoms with E-state index >= 15 is 0 Å². The van der Waals surface area contributed by atoms with Gasteiger partial charge in [0, 0.05) is 18.4 Å². The van der Waals surface area contributed by atoms with Gasteiger partial charge in [-0.15, -0.1) is 13.2 Å². The van der Waals surface area contributed by atoms with Crippen LogP contribution in [0.2, 0.25) is 0 Å². The normalized spacial score (nSPS) is 29.3. The quantitative estimate of drug-likeness (QED) is 0.658. The number of amides is 1. The highest BCUT2D eigenvalue weighted by atomic mass is 79.9. The van der Waals surface area contributed by atoms with Gasteiger partial charge in [-0.2, -0.15) is 0 Å². The molecule has 1 aromatic rings. The van der Waals surface area contributed by atoms with Crippen LogP contribution >= 0.6 is 15.9 Å². The van der Waals surface area contributed by atoms with Crippen molar-refractivity contribution >= 4 is 33.7 Å². The minimum atomic E-state index is -4.76. The monoisotopic (exact) mass is 489 g/mol. The van der Waals surface area contributed by atoms with Gasteiger partial charge in [-0.05, 0) is 24.3 Å². The highest BCUT2D eigenvalue weighted by Crippen LogP contribution is 2.28. The Bertz CT molecular complexity index is 842. The molecule has 3 saturated heterocycles. The Kier molecular flexibility index (Phi) is 6.14. The van der Waals surface area contributed by atoms with E-state index in [2.05, 4.69) is 35.9 Å². The van der Waals surface area contributed by atoms with Crippen molar-refractivity contribution in [2.24, 2.45) is 4.99 Å². The number of rotatable bonds is 4. The maximum Gasteiger partial charge on any atom is 0.573 e. The van der Waals surface area contributed by atoms with Crippen molar-refractivity contribution in [3.8, 4) is 5.75 Å². The van der Waals surface area contributed by atoms with E-state index in [0.717, 1.165) is 12.1 Å². The van der Waals surface area contributed by atoms with Crippen molar-refractivity contribution in [3.05, 3.63) is 35.9 Å². The number of carbonyl (C=O) groups excluding carboxylic acids is 1. The van der Waals surface area contributed by atoms with Crippen molar-refractivity contribution in [2.75, 3.05) is 31.7 Å². The number of halogens is 4. The fraction of sp³-hybridized carbons (Fsp3) is 0.474. The van der Waals surface area contributed by atoms with Crippen LogP contribution in [-0.4, -0.2) is 72.9 Å². The lowest BCUT2D eigenvalue weighted by Gasteiger charge is -2.41. The first-order valence-electron chi connectivity index (χ1n) is 9.30. The number of hydrogen-bond donors (Lipinski definition) is 1. The van der Waals surface area contributed by atoms with Crippen molar-refractivity contribution in [1.29, 1.82) is 0 Å². The zero-order valence-corrected chi connectivity index (χ0v) is 17.2. The number of aliphatic imine (C=N–C) groups is 1. The predicted molar refractivity (Wildman–Crippen MR) is 106 cm³/mol. The molecule has 1 aromatic carbocycles. The Hall–Kier alpha value is -1.95. The molecule has 0 aromatic heterocycles. The standard InChI is InChI=1S/C19H19BrF3N3O4/c20-16-5-11(6-24-17(16)26-7-15-10-28-8-13(26)9-29-15)18(27)25-12-1-3-14(4-2-12)30-19(21,22)23/h1-6,13,15-17H,7-10H2,(H,25,27). The molecule has 3 fully saturated rings. The van der Waals surface area contributed by atoms with Crippen LogP contribution in [0.25, 0.3) is 0 Å². The highest BCUT2D eigenvalue weighted by Gasteiger charge is 2.39. The minimum absolute atomic E-state index is 0.0108. The number of ether oxygens (including phenoxy) is 3. The number of nitrogens with zero attached hydrogens (tertiary/aromatic N) is 2. The van der Waals surface area contributed by atoms with E-state index in [1.54, 1.807) is 6.08 Å². The largest absolute Gasteiger partial charge is 0.573 e. The van der Waals surface area contributed by atoms with Crippen LogP contribution in [0, 0.1) is 0 Å². The maximum atomic E-state index is 12.5. The summed E-state index contributed by atoms with van der Waals surface area (Å²) < 4.78 is 51.9. The fourth-order valence-electron chi connectivity index (χ4n) is 3.57. The second-order valence-corrected chi connectivity index (χ2v) is 8.19. The molecule has 1 N–H and O–H groups in total. The third kappa shape index (κ3) is 5.02. The molecule has 4 unspecified atom stereocenters. The summed E-state index contributed by atoms with van der Waals surface area (Å²) >= 11 is 3.60. The van der Waals surface area contributed by atoms with Gasteiger partial charge >= 0.3 is 6.36 Å². The van der Waals surface area contributed by atoms with Crippen LogP contribution in [0.3, 0.4) is 0 Å². The van der Waals surface area contributed by atoms with E-state index in [1.807, 2.05) is 0 Å². The molecule has 4 aliphatic heterocycles. The Balaban J connectivity index is 1.38. The number of fused-ring (bicyclic) bond motifs is 4. The van der Waals surface area contributed by atoms with E-state index in [0.29, 0.717) is 37.6 Å². The van der Waals surface area contributed by atoms with Crippen molar-refractivity contribution < 1.29 is 32.2 Å². The molecule has 4 heterocycles. The van der Waals surface area contributed by atoms with Gasteiger partial charge in [-0.3, -0.25) is 14.7 Å². The molecule has 2 bridgehead atoms. The molecule has 1 amide bonds. The molecule has 0 spiro atoms. The summed E-state index contributed by atoms with van der Waals surface area (Å²) in [6.45, 7) is 2.43. The van der Waals surface area contributed by atoms with Gasteiger partial charge in [-0.1, -0.05) is 22.0 Å². The molecule has 4 atom stereocenters. The summed E-state index contributed by atoms with van der Waals surface area (Å²) in [5.74, 6) is -0.766. The molecule has 162 valence electrons. The Morgan fingerprint density at radius 3 is 2.70 bits per heavy atom. The van der Waals surface area contributed by atoms with Gasteiger partial charge in [0.15, 0.2) is 0 Å². The number of hydrogen-bond acceptors (Lipinski definition) is 6. The lowest BCUT2D eigenvalue weighted by atomic mass is 10.1. The van der Waals surface area contributed by atoms with E-state index in [1.165, 1.54) is 18.3 Å². The van der Waals surface area contributed by atoms with Crippen LogP contribution < -0.4 is 10.1 Å². The highest BCUT2D eigenvalue weighted by molar-refractivity contribution is 9.09. The first-order valence-corrected chi connectivity index (χ1v) is 10.2. The van der Waals surface area contributed by atoms with Gasteiger partial charge in [0.1, 0.15) is 11.9 Å². The lowest BCUT2D eigenvalue weighted by Crippen LogP contribution is -2.55. The van der Waals surface area contributed by atoms with Crippen LogP contribution in [0.15, 0.2) is 40.9 Å². The van der Waals surface area contributed by atoms with Crippen LogP contribution in [0.5, 0.6) is 5.75 Å². The molecule has 0 radical (unpaired) electrons. The minimum Gasteiger partial charge on any atom is -0.406 e. The van der Waals surface area contributed by atoms with Crippen LogP contribution in [-0.2, 0) is 14.3 Å². The number of dihydropyridines is 1. The number of benzene rings is 1. The third-order valence-corrected chi connectivity index (χ3v) is 5.70. The smallest absolute Gasteiger partial charge is 0.406 e. The molecular formula is C19H19BrF3N3O4. The summed E-state index contributed by atoms with van der Waals surface area (Å²) in [5.41, 5.74) is 0.701. The molecule has 0 aliphatic carbocycles. The summed E-state index contributed by atoms with van der Waals surface area (Å²) in [5, 5.41) is 2.64. The molecule has 30 heavy (non-hydrogen) atoms. The van der Waals surface area contributed by atoms with Crippen molar-refractivity contribution in [3.63, 3.8) is 0 Å². The van der Waals surface area contributed by atoms with E-state index in [4.69, 9.17) is 9.47 Å². The molecule has 4 aliphatic rings. The summed E-state index contributed by atoms with van der Waals surface area (Å²) in [6.07, 6.45) is -1.65. The van der Waals surface area contributed by atoms with E-state index < -0.39 is 12.3 Å². The zero-order chi connectivity index (χ0) is 21.3. The number of carbonyl (C=O) groups is 1. The number of morpholine rings is 1. The molecule has 7 nitrogen and oxygen atoms in total. The van der Waals surface area contributed by atoms with E-state index in [-0.39, 0.29) is 28.9 Å². The van der Waals surface area contributed by atoms with Gasteiger partial charge in [-0.25, -0.2) is 0 Å². The average Bonchev–Trinajstić information content (AvgIpc) is 3.04. The second kappa shape index (κ2) is 8.66. The van der Waals surface area contributed by atoms with Crippen molar-refractivity contribution in [2.45, 2.75) is 29.5 Å². The van der Waals surface area contributed by atoms with Gasteiger partial charge in [0.25, 0.3) is 5.91 Å². The van der Waals surface area contributed by atoms with Crippen LogP contribution in [0.1, 0.15) is 0 Å². The molecule has 5 rings (SSSR count). The zero-order valence-electron chi connectivity index (χ0n) is 15.6. The Morgan fingerprint density at radius 2 is 2.00 bits per heavy atom. The molecule has 11 heteroatoms. The Labute approximate surface area is 179 Å². The van der Waals surface area contributed by atoms with Crippen molar-refractivity contribution in [1.82, 2.24) is 4.90 Å². The summed E-state index contributed by atoms with van der Waals surface area (Å²) in [7, 11) is 0. The number of nitrogens with one attached hydrogen (secondary N) is 1. The SMILES string of the molecule is O=C(Nc1ccc(OC(F)(F)F)cc1)C1=CC(Br)C(N2CC3COCC2CO3)N=C1. The lowest BCUT2D eigenvalue weighted by molar-refractivity contribution is -0.274. The predicted octanol–water partition coefficient (Wildman–Crippen LogP) is 2.72. The molecular weight excluding hydrogens is 471 g/mol. The Morgan fingerprint density at radius 1 is 1.23 bits per heavy atom. The summed E-state index contributed by atoms with van der Waals surface area (Å²) in [6, 6.07) is 5.04. The first-order chi connectivity index (χ1) is 14.3. The van der Waals surface area contributed by atoms with Crippen LogP contribution in [0.4, 0.5) is 18.9 Å². The van der Waals surface area contributed by atoms with Gasteiger partial charge in [0.05, 0.1) is 42.4 Å².